The number of nitrogens with zero attached hydrogens (tertiary/aromatic N) is 3. The minimum Gasteiger partial charge on any atom is -0.374 e. The van der Waals surface area contributed by atoms with Crippen LogP contribution in [0.3, 0.4) is 0 Å². The Bertz CT molecular complexity index is 729. The molecule has 3 aliphatic heterocycles. The molecule has 1 saturated carbocycles. The lowest BCUT2D eigenvalue weighted by Crippen LogP contribution is -2.54. The molecule has 0 bridgehead atoms. The van der Waals surface area contributed by atoms with Crippen LogP contribution in [0, 0.1) is 17.8 Å². The predicted molar refractivity (Wildman–Crippen MR) is 128 cm³/mol. The number of aliphatic hydroxyl groups is 1. The van der Waals surface area contributed by atoms with Crippen LogP contribution in [0.5, 0.6) is 0 Å². The molecule has 1 saturated heterocycles. The van der Waals surface area contributed by atoms with E-state index in [1.807, 2.05) is 6.21 Å². The Hall–Kier alpha value is -1.66. The summed E-state index contributed by atoms with van der Waals surface area (Å²) in [6.07, 6.45) is 11.4. The molecule has 0 radical (unpaired) electrons. The Morgan fingerprint density at radius 1 is 1.39 bits per heavy atom. The SMILES string of the molecule is C=C1CCN(C(O)C2=CCCN=C2)CC1CCC(C)NC1=NCC2C[C@@H](C)CCC2N1. The summed E-state index contributed by atoms with van der Waals surface area (Å²) in [5, 5.41) is 18.1. The second-order valence-corrected chi connectivity index (χ2v) is 10.2. The molecule has 0 amide bonds. The molecule has 3 heterocycles. The first-order chi connectivity index (χ1) is 15.0. The van der Waals surface area contributed by atoms with Crippen molar-refractivity contribution in [1.29, 1.82) is 0 Å². The average molecular weight is 428 g/mol. The Labute approximate surface area is 188 Å². The number of hydrogen-bond donors (Lipinski definition) is 3. The van der Waals surface area contributed by atoms with Crippen LogP contribution >= 0.6 is 0 Å². The van der Waals surface area contributed by atoms with Gasteiger partial charge >= 0.3 is 0 Å². The standard InChI is InChI=1S/C25H41N5O/c1-17-6-9-23-22(13-17)15-27-25(29-23)28-19(3)7-8-21-16-30(12-10-18(21)2)24(31)20-5-4-11-26-14-20/h5,14,17,19,21-24,31H,2,4,6-13,15-16H2,1,3H3,(H2,27,28,29)/t17-,19?,21?,22?,23?,24?/m0/s1. The Morgan fingerprint density at radius 2 is 2.26 bits per heavy atom. The molecule has 6 nitrogen and oxygen atoms in total. The first-order valence-corrected chi connectivity index (χ1v) is 12.4. The zero-order valence-electron chi connectivity index (χ0n) is 19.4. The van der Waals surface area contributed by atoms with Gasteiger partial charge in [0.1, 0.15) is 6.23 Å². The van der Waals surface area contributed by atoms with Gasteiger partial charge in [-0.1, -0.05) is 25.2 Å². The monoisotopic (exact) mass is 427 g/mol. The summed E-state index contributed by atoms with van der Waals surface area (Å²) in [5.41, 5.74) is 2.28. The zero-order chi connectivity index (χ0) is 21.8. The summed E-state index contributed by atoms with van der Waals surface area (Å²) in [7, 11) is 0. The van der Waals surface area contributed by atoms with Crippen molar-refractivity contribution >= 4 is 12.2 Å². The van der Waals surface area contributed by atoms with Crippen molar-refractivity contribution in [3.63, 3.8) is 0 Å². The highest BCUT2D eigenvalue weighted by Gasteiger charge is 2.32. The summed E-state index contributed by atoms with van der Waals surface area (Å²) >= 11 is 0. The molecule has 4 rings (SSSR count). The third-order valence-corrected chi connectivity index (χ3v) is 7.66. The lowest BCUT2D eigenvalue weighted by atomic mass is 9.78. The first kappa shape index (κ1) is 22.5. The van der Waals surface area contributed by atoms with Crippen LogP contribution in [-0.2, 0) is 0 Å². The van der Waals surface area contributed by atoms with Crippen molar-refractivity contribution in [1.82, 2.24) is 15.5 Å². The van der Waals surface area contributed by atoms with Gasteiger partial charge in [-0.15, -0.1) is 0 Å². The fraction of sp³-hybridized carbons (Fsp3) is 0.760. The lowest BCUT2D eigenvalue weighted by molar-refractivity contribution is 0.0179. The maximum Gasteiger partial charge on any atom is 0.191 e. The van der Waals surface area contributed by atoms with Crippen molar-refractivity contribution in [2.75, 3.05) is 26.2 Å². The molecule has 0 spiro atoms. The number of aliphatic imine (C=N–C) groups is 2. The van der Waals surface area contributed by atoms with Crippen LogP contribution in [0.2, 0.25) is 0 Å². The highest BCUT2D eigenvalue weighted by atomic mass is 16.3. The van der Waals surface area contributed by atoms with Gasteiger partial charge in [-0.3, -0.25) is 14.9 Å². The molecule has 6 heteroatoms. The van der Waals surface area contributed by atoms with Crippen LogP contribution in [0.15, 0.2) is 33.8 Å². The maximum atomic E-state index is 10.8. The second-order valence-electron chi connectivity index (χ2n) is 10.2. The van der Waals surface area contributed by atoms with E-state index in [-0.39, 0.29) is 0 Å². The molecule has 4 aliphatic rings. The number of hydrogen-bond acceptors (Lipinski definition) is 6. The molecule has 0 aromatic heterocycles. The molecule has 172 valence electrons. The smallest absolute Gasteiger partial charge is 0.191 e. The van der Waals surface area contributed by atoms with E-state index in [0.29, 0.717) is 23.9 Å². The largest absolute Gasteiger partial charge is 0.374 e. The van der Waals surface area contributed by atoms with Crippen molar-refractivity contribution in [3.05, 3.63) is 23.8 Å². The van der Waals surface area contributed by atoms with E-state index in [4.69, 9.17) is 4.99 Å². The second kappa shape index (κ2) is 10.3. The third kappa shape index (κ3) is 5.78. The van der Waals surface area contributed by atoms with Crippen molar-refractivity contribution in [3.8, 4) is 0 Å². The lowest BCUT2D eigenvalue weighted by Gasteiger charge is -2.39. The molecule has 1 aliphatic carbocycles. The van der Waals surface area contributed by atoms with E-state index >= 15 is 0 Å². The number of piperidine rings is 1. The molecular formula is C25H41N5O. The van der Waals surface area contributed by atoms with Gasteiger partial charge in [-0.2, -0.15) is 0 Å². The van der Waals surface area contributed by atoms with E-state index in [0.717, 1.165) is 69.3 Å². The van der Waals surface area contributed by atoms with E-state index < -0.39 is 6.23 Å². The molecule has 5 unspecified atom stereocenters. The number of fused-ring (bicyclic) bond motifs is 1. The van der Waals surface area contributed by atoms with Crippen molar-refractivity contribution < 1.29 is 5.11 Å². The predicted octanol–water partition coefficient (Wildman–Crippen LogP) is 3.11. The summed E-state index contributed by atoms with van der Waals surface area (Å²) in [5.74, 6) is 2.97. The van der Waals surface area contributed by atoms with Crippen molar-refractivity contribution in [2.24, 2.45) is 27.7 Å². The third-order valence-electron chi connectivity index (χ3n) is 7.66. The normalized spacial score (nSPS) is 33.6. The van der Waals surface area contributed by atoms with Gasteiger partial charge in [0.05, 0.1) is 0 Å². The van der Waals surface area contributed by atoms with E-state index in [2.05, 4.69) is 47.0 Å². The number of guanidine groups is 1. The van der Waals surface area contributed by atoms with Gasteiger partial charge in [0.25, 0.3) is 0 Å². The molecular weight excluding hydrogens is 386 g/mol. The highest BCUT2D eigenvalue weighted by Crippen LogP contribution is 2.31. The summed E-state index contributed by atoms with van der Waals surface area (Å²) in [4.78, 5) is 11.3. The van der Waals surface area contributed by atoms with Gasteiger partial charge in [-0.25, -0.2) is 0 Å². The van der Waals surface area contributed by atoms with Gasteiger partial charge in [-0.05, 0) is 69.6 Å². The summed E-state index contributed by atoms with van der Waals surface area (Å²) in [6, 6.07) is 0.959. The van der Waals surface area contributed by atoms with E-state index in [1.54, 1.807) is 0 Å². The quantitative estimate of drug-likeness (QED) is 0.570. The number of rotatable bonds is 6. The van der Waals surface area contributed by atoms with E-state index in [9.17, 15) is 5.11 Å². The van der Waals surface area contributed by atoms with Crippen molar-refractivity contribution in [2.45, 2.75) is 77.1 Å². The van der Waals surface area contributed by atoms with Crippen LogP contribution in [0.25, 0.3) is 0 Å². The minimum absolute atomic E-state index is 0.367. The van der Waals surface area contributed by atoms with Crippen LogP contribution < -0.4 is 10.6 Å². The molecule has 0 aromatic rings. The zero-order valence-corrected chi connectivity index (χ0v) is 19.4. The van der Waals surface area contributed by atoms with Gasteiger partial charge in [0, 0.05) is 50.1 Å². The maximum absolute atomic E-state index is 10.8. The fourth-order valence-electron chi connectivity index (χ4n) is 5.59. The molecule has 3 N–H and O–H groups in total. The Morgan fingerprint density at radius 3 is 3.06 bits per heavy atom. The first-order valence-electron chi connectivity index (χ1n) is 12.4. The molecule has 6 atom stereocenters. The summed E-state index contributed by atoms with van der Waals surface area (Å²) < 4.78 is 0. The van der Waals surface area contributed by atoms with Gasteiger partial charge < -0.3 is 15.7 Å². The van der Waals surface area contributed by atoms with Crippen LogP contribution in [-0.4, -0.2) is 66.7 Å². The minimum atomic E-state index is -0.540. The average Bonchev–Trinajstić information content (AvgIpc) is 2.79. The highest BCUT2D eigenvalue weighted by molar-refractivity contribution is 5.81. The Kier molecular flexibility index (Phi) is 7.49. The number of dihydropyridines is 1. The number of likely N-dealkylation sites (tertiary alicyclic amines) is 1. The van der Waals surface area contributed by atoms with Gasteiger partial charge in [0.15, 0.2) is 5.96 Å². The molecule has 2 fully saturated rings. The van der Waals surface area contributed by atoms with Crippen LogP contribution in [0.4, 0.5) is 0 Å². The Balaban J connectivity index is 1.24. The van der Waals surface area contributed by atoms with Crippen LogP contribution in [0.1, 0.15) is 58.8 Å². The van der Waals surface area contributed by atoms with Gasteiger partial charge in [0.2, 0.25) is 0 Å². The summed E-state index contributed by atoms with van der Waals surface area (Å²) in [6.45, 7) is 12.5. The molecule has 31 heavy (non-hydrogen) atoms. The topological polar surface area (TPSA) is 72.2 Å². The number of aliphatic hydroxyl groups excluding tert-OH is 1. The molecule has 0 aromatic carbocycles. The fourth-order valence-corrected chi connectivity index (χ4v) is 5.59. The van der Waals surface area contributed by atoms with E-state index in [1.165, 1.54) is 24.8 Å². The number of nitrogens with one attached hydrogen (secondary N) is 2.